The average molecular weight is 435 g/mol. The molecule has 146 valence electrons. The fourth-order valence-electron chi connectivity index (χ4n) is 2.67. The number of hydrogen-bond acceptors (Lipinski definition) is 4. The van der Waals surface area contributed by atoms with Crippen molar-refractivity contribution in [3.8, 4) is 0 Å². The molecule has 28 heavy (non-hydrogen) atoms. The van der Waals surface area contributed by atoms with Crippen LogP contribution in [0.3, 0.4) is 0 Å². The largest absolute Gasteiger partial charge is 0.345 e. The van der Waals surface area contributed by atoms with Crippen LogP contribution in [-0.2, 0) is 10.0 Å². The molecule has 0 saturated carbocycles. The zero-order valence-corrected chi connectivity index (χ0v) is 17.4. The summed E-state index contributed by atoms with van der Waals surface area (Å²) in [6.45, 7) is 1.99. The molecule has 2 N–H and O–H groups in total. The van der Waals surface area contributed by atoms with Gasteiger partial charge in [-0.05, 0) is 59.8 Å². The standard InChI is InChI=1S/C20H19ClN2O3S2/c1-2-18(14-5-9-16(21)10-6-14)22-20(24)15-7-11-17(12-8-15)23-28(25,26)19-4-3-13-27-19/h3-13,18,23H,2H2,1H3,(H,22,24). The topological polar surface area (TPSA) is 75.3 Å². The lowest BCUT2D eigenvalue weighted by Crippen LogP contribution is -2.28. The van der Waals surface area contributed by atoms with Gasteiger partial charge < -0.3 is 5.32 Å². The summed E-state index contributed by atoms with van der Waals surface area (Å²) in [6.07, 6.45) is 0.728. The van der Waals surface area contributed by atoms with Gasteiger partial charge in [-0.15, -0.1) is 11.3 Å². The zero-order valence-electron chi connectivity index (χ0n) is 15.1. The molecule has 1 unspecified atom stereocenters. The van der Waals surface area contributed by atoms with E-state index in [0.717, 1.165) is 23.3 Å². The fourth-order valence-corrected chi connectivity index (χ4v) is 4.85. The van der Waals surface area contributed by atoms with Crippen molar-refractivity contribution in [1.82, 2.24) is 5.32 Å². The van der Waals surface area contributed by atoms with E-state index in [1.54, 1.807) is 47.8 Å². The summed E-state index contributed by atoms with van der Waals surface area (Å²) in [7, 11) is -3.61. The lowest BCUT2D eigenvalue weighted by Gasteiger charge is -2.18. The van der Waals surface area contributed by atoms with Gasteiger partial charge in [0.15, 0.2) is 0 Å². The van der Waals surface area contributed by atoms with Crippen LogP contribution < -0.4 is 10.0 Å². The third-order valence-corrected chi connectivity index (χ3v) is 7.18. The monoisotopic (exact) mass is 434 g/mol. The first-order chi connectivity index (χ1) is 13.4. The summed E-state index contributed by atoms with van der Waals surface area (Å²) < 4.78 is 27.3. The summed E-state index contributed by atoms with van der Waals surface area (Å²) in [5, 5.41) is 5.34. The van der Waals surface area contributed by atoms with Crippen molar-refractivity contribution in [2.75, 3.05) is 4.72 Å². The van der Waals surface area contributed by atoms with Crippen LogP contribution in [0.4, 0.5) is 5.69 Å². The number of rotatable bonds is 7. The van der Waals surface area contributed by atoms with Crippen LogP contribution in [0.25, 0.3) is 0 Å². The highest BCUT2D eigenvalue weighted by Gasteiger charge is 2.17. The molecule has 0 aliphatic rings. The molecule has 0 bridgehead atoms. The predicted molar refractivity (Wildman–Crippen MR) is 114 cm³/mol. The van der Waals surface area contributed by atoms with Crippen molar-refractivity contribution in [2.24, 2.45) is 0 Å². The van der Waals surface area contributed by atoms with E-state index in [1.165, 1.54) is 6.07 Å². The Balaban J connectivity index is 1.68. The second-order valence-corrected chi connectivity index (χ2v) is 9.39. The van der Waals surface area contributed by atoms with E-state index in [4.69, 9.17) is 11.6 Å². The molecule has 0 aliphatic carbocycles. The Bertz CT molecular complexity index is 1030. The number of hydrogen-bond donors (Lipinski definition) is 2. The van der Waals surface area contributed by atoms with E-state index in [0.29, 0.717) is 16.3 Å². The second-order valence-electron chi connectivity index (χ2n) is 6.10. The Labute approximate surface area is 173 Å². The van der Waals surface area contributed by atoms with E-state index in [1.807, 2.05) is 19.1 Å². The maximum atomic E-state index is 12.6. The molecule has 3 rings (SSSR count). The molecule has 0 radical (unpaired) electrons. The Morgan fingerprint density at radius 1 is 1.07 bits per heavy atom. The zero-order chi connectivity index (χ0) is 20.1. The highest BCUT2D eigenvalue weighted by molar-refractivity contribution is 7.94. The van der Waals surface area contributed by atoms with E-state index >= 15 is 0 Å². The molecule has 0 fully saturated rings. The summed E-state index contributed by atoms with van der Waals surface area (Å²) in [4.78, 5) is 12.6. The Morgan fingerprint density at radius 2 is 1.75 bits per heavy atom. The first kappa shape index (κ1) is 20.4. The summed E-state index contributed by atoms with van der Waals surface area (Å²) in [6, 6.07) is 16.8. The van der Waals surface area contributed by atoms with Crippen molar-refractivity contribution in [1.29, 1.82) is 0 Å². The van der Waals surface area contributed by atoms with Crippen LogP contribution in [0.5, 0.6) is 0 Å². The molecular formula is C20H19ClN2O3S2. The molecule has 0 spiro atoms. The number of benzene rings is 2. The van der Waals surface area contributed by atoms with E-state index in [-0.39, 0.29) is 16.2 Å². The van der Waals surface area contributed by atoms with E-state index in [9.17, 15) is 13.2 Å². The van der Waals surface area contributed by atoms with Crippen LogP contribution in [0.2, 0.25) is 5.02 Å². The summed E-state index contributed by atoms with van der Waals surface area (Å²) in [5.74, 6) is -0.227. The quantitative estimate of drug-likeness (QED) is 0.544. The maximum Gasteiger partial charge on any atom is 0.271 e. The van der Waals surface area contributed by atoms with Gasteiger partial charge in [-0.1, -0.05) is 36.7 Å². The Hall–Kier alpha value is -2.35. The maximum absolute atomic E-state index is 12.6. The van der Waals surface area contributed by atoms with Crippen molar-refractivity contribution < 1.29 is 13.2 Å². The molecule has 0 aliphatic heterocycles. The lowest BCUT2D eigenvalue weighted by molar-refractivity contribution is 0.0935. The molecule has 1 atom stereocenters. The van der Waals surface area contributed by atoms with Gasteiger partial charge in [0.1, 0.15) is 4.21 Å². The van der Waals surface area contributed by atoms with Gasteiger partial charge in [0.25, 0.3) is 15.9 Å². The average Bonchev–Trinajstić information content (AvgIpc) is 3.23. The van der Waals surface area contributed by atoms with Gasteiger partial charge in [0.05, 0.1) is 6.04 Å². The number of sulfonamides is 1. The van der Waals surface area contributed by atoms with Crippen molar-refractivity contribution in [2.45, 2.75) is 23.6 Å². The van der Waals surface area contributed by atoms with E-state index in [2.05, 4.69) is 10.0 Å². The number of carbonyl (C=O) groups is 1. The third-order valence-electron chi connectivity index (χ3n) is 4.15. The van der Waals surface area contributed by atoms with Crippen molar-refractivity contribution in [3.63, 3.8) is 0 Å². The van der Waals surface area contributed by atoms with Crippen LogP contribution in [0, 0.1) is 0 Å². The smallest absolute Gasteiger partial charge is 0.271 e. The fraction of sp³-hybridized carbons (Fsp3) is 0.150. The van der Waals surface area contributed by atoms with Crippen LogP contribution in [0.1, 0.15) is 35.3 Å². The SMILES string of the molecule is CCC(NC(=O)c1ccc(NS(=O)(=O)c2cccs2)cc1)c1ccc(Cl)cc1. The van der Waals surface area contributed by atoms with Crippen LogP contribution in [-0.4, -0.2) is 14.3 Å². The molecule has 2 aromatic carbocycles. The van der Waals surface area contributed by atoms with E-state index < -0.39 is 10.0 Å². The third kappa shape index (κ3) is 4.92. The highest BCUT2D eigenvalue weighted by atomic mass is 35.5. The first-order valence-electron chi connectivity index (χ1n) is 8.62. The van der Waals surface area contributed by atoms with Gasteiger partial charge in [0.2, 0.25) is 0 Å². The molecule has 5 nitrogen and oxygen atoms in total. The second kappa shape index (κ2) is 8.77. The molecule has 1 amide bonds. The van der Waals surface area contributed by atoms with Crippen molar-refractivity contribution >= 4 is 44.6 Å². The van der Waals surface area contributed by atoms with Crippen molar-refractivity contribution in [3.05, 3.63) is 82.2 Å². The van der Waals surface area contributed by atoms with Gasteiger partial charge >= 0.3 is 0 Å². The summed E-state index contributed by atoms with van der Waals surface area (Å²) in [5.41, 5.74) is 1.82. The number of nitrogens with one attached hydrogen (secondary N) is 2. The molecule has 1 aromatic heterocycles. The van der Waals surface area contributed by atoms with Gasteiger partial charge in [-0.2, -0.15) is 0 Å². The number of amides is 1. The molecule has 0 saturated heterocycles. The minimum absolute atomic E-state index is 0.137. The number of anilines is 1. The van der Waals surface area contributed by atoms with Gasteiger partial charge in [-0.3, -0.25) is 9.52 Å². The molecule has 1 heterocycles. The molecule has 3 aromatic rings. The normalized spacial score (nSPS) is 12.4. The number of thiophene rings is 1. The Kier molecular flexibility index (Phi) is 6.39. The lowest BCUT2D eigenvalue weighted by atomic mass is 10.0. The Morgan fingerprint density at radius 3 is 2.32 bits per heavy atom. The predicted octanol–water partition coefficient (Wildman–Crippen LogP) is 5.08. The minimum atomic E-state index is -3.61. The van der Waals surface area contributed by atoms with Crippen LogP contribution >= 0.6 is 22.9 Å². The summed E-state index contributed by atoms with van der Waals surface area (Å²) >= 11 is 7.06. The number of carbonyl (C=O) groups excluding carboxylic acids is 1. The molecule has 8 heteroatoms. The molecular weight excluding hydrogens is 416 g/mol. The van der Waals surface area contributed by atoms with Gasteiger partial charge in [0, 0.05) is 16.3 Å². The minimum Gasteiger partial charge on any atom is -0.345 e. The van der Waals surface area contributed by atoms with Gasteiger partial charge in [-0.25, -0.2) is 8.42 Å². The highest BCUT2D eigenvalue weighted by Crippen LogP contribution is 2.22. The first-order valence-corrected chi connectivity index (χ1v) is 11.4. The number of halogens is 1. The van der Waals surface area contributed by atoms with Crippen LogP contribution in [0.15, 0.2) is 70.3 Å².